The maximum absolute atomic E-state index is 12.3. The number of aldehydes is 1. The first-order chi connectivity index (χ1) is 6.06. The molecule has 1 aromatic heterocycles. The number of halogens is 3. The minimum absolute atomic E-state index is 0.100. The number of carbonyl (C=O) groups is 1. The Bertz CT molecular complexity index is 344. The van der Waals surface area contributed by atoms with Gasteiger partial charge >= 0.3 is 0 Å². The van der Waals surface area contributed by atoms with Crippen molar-refractivity contribution in [1.29, 1.82) is 0 Å². The van der Waals surface area contributed by atoms with Gasteiger partial charge in [0, 0.05) is 5.69 Å². The maximum atomic E-state index is 12.3. The molecule has 0 radical (unpaired) electrons. The summed E-state index contributed by atoms with van der Waals surface area (Å²) in [6.45, 7) is 0. The fourth-order valence-corrected chi connectivity index (χ4v) is 1.48. The van der Waals surface area contributed by atoms with Gasteiger partial charge in [-0.2, -0.15) is 0 Å². The van der Waals surface area contributed by atoms with Crippen LogP contribution in [-0.4, -0.2) is 11.3 Å². The molecule has 1 heterocycles. The van der Waals surface area contributed by atoms with E-state index in [4.69, 9.17) is 5.73 Å². The van der Waals surface area contributed by atoms with E-state index in [1.165, 1.54) is 6.07 Å². The van der Waals surface area contributed by atoms with Crippen molar-refractivity contribution >= 4 is 34.6 Å². The van der Waals surface area contributed by atoms with Gasteiger partial charge in [0.1, 0.15) is 9.39 Å². The molecule has 70 valence electrons. The molecule has 0 unspecified atom stereocenters. The van der Waals surface area contributed by atoms with Gasteiger partial charge < -0.3 is 5.73 Å². The highest BCUT2D eigenvalue weighted by atomic mass is 127. The molecule has 0 saturated carbocycles. The van der Waals surface area contributed by atoms with Crippen LogP contribution in [0.1, 0.15) is 22.5 Å². The summed E-state index contributed by atoms with van der Waals surface area (Å²) in [5, 5.41) is 0. The van der Waals surface area contributed by atoms with Crippen LogP contribution in [0.2, 0.25) is 0 Å². The Kier molecular flexibility index (Phi) is 3.12. The molecule has 0 fully saturated rings. The number of anilines is 1. The Morgan fingerprint density at radius 3 is 2.69 bits per heavy atom. The topological polar surface area (TPSA) is 56.0 Å². The van der Waals surface area contributed by atoms with Crippen LogP contribution in [0.25, 0.3) is 0 Å². The molecule has 6 heteroatoms. The van der Waals surface area contributed by atoms with Crippen molar-refractivity contribution in [1.82, 2.24) is 4.98 Å². The number of alkyl halides is 2. The van der Waals surface area contributed by atoms with Crippen LogP contribution < -0.4 is 5.73 Å². The summed E-state index contributed by atoms with van der Waals surface area (Å²) in [7, 11) is 0. The second kappa shape index (κ2) is 3.95. The first-order valence-electron chi connectivity index (χ1n) is 3.25. The monoisotopic (exact) mass is 298 g/mol. The fraction of sp³-hybridized carbons (Fsp3) is 0.143. The van der Waals surface area contributed by atoms with Gasteiger partial charge in [-0.15, -0.1) is 0 Å². The molecule has 3 nitrogen and oxygen atoms in total. The molecule has 0 aromatic carbocycles. The number of carbonyl (C=O) groups excluding carboxylic acids is 1. The summed E-state index contributed by atoms with van der Waals surface area (Å²) in [6, 6.07) is 1.30. The molecule has 0 aliphatic heterocycles. The van der Waals surface area contributed by atoms with E-state index >= 15 is 0 Å². The summed E-state index contributed by atoms with van der Waals surface area (Å²) in [6.07, 6.45) is -2.50. The maximum Gasteiger partial charge on any atom is 0.268 e. The number of rotatable bonds is 2. The smallest absolute Gasteiger partial charge is 0.268 e. The van der Waals surface area contributed by atoms with Gasteiger partial charge in [0.25, 0.3) is 6.43 Å². The number of hydrogen-bond acceptors (Lipinski definition) is 3. The van der Waals surface area contributed by atoms with Gasteiger partial charge in [-0.3, -0.25) is 4.79 Å². The Labute approximate surface area is 86.5 Å². The lowest BCUT2D eigenvalue weighted by Gasteiger charge is -2.06. The SMILES string of the molecule is Nc1cc(I)nc(C=O)c1C(F)F. The molecular formula is C7H5F2IN2O. The third-order valence-corrected chi connectivity index (χ3v) is 1.97. The van der Waals surface area contributed by atoms with Gasteiger partial charge in [-0.25, -0.2) is 13.8 Å². The molecule has 1 rings (SSSR count). The van der Waals surface area contributed by atoms with Gasteiger partial charge in [-0.1, -0.05) is 0 Å². The third kappa shape index (κ3) is 2.11. The van der Waals surface area contributed by atoms with Crippen molar-refractivity contribution in [2.24, 2.45) is 0 Å². The molecule has 0 aliphatic rings. The van der Waals surface area contributed by atoms with Crippen molar-refractivity contribution in [2.45, 2.75) is 6.43 Å². The van der Waals surface area contributed by atoms with E-state index in [0.717, 1.165) is 0 Å². The molecule has 0 bridgehead atoms. The Morgan fingerprint density at radius 2 is 2.23 bits per heavy atom. The predicted molar refractivity (Wildman–Crippen MR) is 51.7 cm³/mol. The summed E-state index contributed by atoms with van der Waals surface area (Å²) < 4.78 is 25.1. The Hall–Kier alpha value is -0.790. The average molecular weight is 298 g/mol. The highest BCUT2D eigenvalue weighted by Gasteiger charge is 2.18. The molecule has 0 atom stereocenters. The Balaban J connectivity index is 3.38. The lowest BCUT2D eigenvalue weighted by molar-refractivity contribution is 0.110. The molecule has 1 aromatic rings. The zero-order valence-electron chi connectivity index (χ0n) is 6.30. The first kappa shape index (κ1) is 10.3. The minimum atomic E-state index is -2.77. The van der Waals surface area contributed by atoms with E-state index in [1.807, 2.05) is 0 Å². The van der Waals surface area contributed by atoms with E-state index in [2.05, 4.69) is 4.98 Å². The van der Waals surface area contributed by atoms with Crippen LogP contribution in [0.5, 0.6) is 0 Å². The van der Waals surface area contributed by atoms with Crippen LogP contribution in [0, 0.1) is 3.70 Å². The second-order valence-electron chi connectivity index (χ2n) is 2.25. The summed E-state index contributed by atoms with van der Waals surface area (Å²) >= 11 is 1.80. The minimum Gasteiger partial charge on any atom is -0.398 e. The highest BCUT2D eigenvalue weighted by molar-refractivity contribution is 14.1. The van der Waals surface area contributed by atoms with Crippen LogP contribution in [0.3, 0.4) is 0 Å². The predicted octanol–water partition coefficient (Wildman–Crippen LogP) is 2.02. The van der Waals surface area contributed by atoms with Crippen molar-refractivity contribution in [2.75, 3.05) is 5.73 Å². The van der Waals surface area contributed by atoms with E-state index in [0.29, 0.717) is 3.70 Å². The fourth-order valence-electron chi connectivity index (χ4n) is 0.889. The molecule has 0 amide bonds. The molecule has 0 aliphatic carbocycles. The lowest BCUT2D eigenvalue weighted by atomic mass is 10.2. The number of nitrogens with two attached hydrogens (primary N) is 1. The van der Waals surface area contributed by atoms with Gasteiger partial charge in [0.05, 0.1) is 5.56 Å². The van der Waals surface area contributed by atoms with Crippen LogP contribution in [0.4, 0.5) is 14.5 Å². The highest BCUT2D eigenvalue weighted by Crippen LogP contribution is 2.27. The normalized spacial score (nSPS) is 10.5. The van der Waals surface area contributed by atoms with Crippen molar-refractivity contribution < 1.29 is 13.6 Å². The second-order valence-corrected chi connectivity index (χ2v) is 3.36. The summed E-state index contributed by atoms with van der Waals surface area (Å²) in [5.74, 6) is 0. The zero-order valence-corrected chi connectivity index (χ0v) is 8.46. The third-order valence-electron chi connectivity index (χ3n) is 1.42. The van der Waals surface area contributed by atoms with Crippen LogP contribution in [0.15, 0.2) is 6.07 Å². The van der Waals surface area contributed by atoms with Crippen molar-refractivity contribution in [3.63, 3.8) is 0 Å². The van der Waals surface area contributed by atoms with Crippen molar-refractivity contribution in [3.05, 3.63) is 21.0 Å². The number of nitrogen functional groups attached to an aromatic ring is 1. The number of pyridine rings is 1. The van der Waals surface area contributed by atoms with E-state index in [1.54, 1.807) is 22.6 Å². The number of hydrogen-bond donors (Lipinski definition) is 1. The van der Waals surface area contributed by atoms with E-state index in [9.17, 15) is 13.6 Å². The van der Waals surface area contributed by atoms with E-state index in [-0.39, 0.29) is 17.7 Å². The van der Waals surface area contributed by atoms with Gasteiger partial charge in [-0.05, 0) is 28.7 Å². The molecule has 0 spiro atoms. The van der Waals surface area contributed by atoms with Crippen LogP contribution >= 0.6 is 22.6 Å². The number of nitrogens with zero attached hydrogens (tertiary/aromatic N) is 1. The van der Waals surface area contributed by atoms with Crippen molar-refractivity contribution in [3.8, 4) is 0 Å². The largest absolute Gasteiger partial charge is 0.398 e. The van der Waals surface area contributed by atoms with E-state index < -0.39 is 12.0 Å². The average Bonchev–Trinajstić information content (AvgIpc) is 2.01. The molecule has 0 saturated heterocycles. The molecule has 13 heavy (non-hydrogen) atoms. The molecular weight excluding hydrogens is 293 g/mol. The molecule has 2 N–H and O–H groups in total. The quantitative estimate of drug-likeness (QED) is 0.516. The lowest BCUT2D eigenvalue weighted by Crippen LogP contribution is -2.04. The Morgan fingerprint density at radius 1 is 1.62 bits per heavy atom. The van der Waals surface area contributed by atoms with Gasteiger partial charge in [0.15, 0.2) is 6.29 Å². The summed E-state index contributed by atoms with van der Waals surface area (Å²) in [4.78, 5) is 14.0. The number of aromatic nitrogens is 1. The zero-order chi connectivity index (χ0) is 10.0. The first-order valence-corrected chi connectivity index (χ1v) is 4.33. The van der Waals surface area contributed by atoms with Crippen LogP contribution in [-0.2, 0) is 0 Å². The van der Waals surface area contributed by atoms with Gasteiger partial charge in [0.2, 0.25) is 0 Å². The summed E-state index contributed by atoms with van der Waals surface area (Å²) in [5.41, 5.74) is 4.43. The standard InChI is InChI=1S/C7H5F2IN2O/c8-7(9)6-3(11)1-5(10)12-4(6)2-13/h1-2,7H,(H2,11,12).